The van der Waals surface area contributed by atoms with Crippen LogP contribution in [0.15, 0.2) is 48.5 Å². The van der Waals surface area contributed by atoms with Crippen LogP contribution in [0.2, 0.25) is 5.02 Å². The highest BCUT2D eigenvalue weighted by molar-refractivity contribution is 7.91. The number of aromatic nitrogens is 2. The number of sulfone groups is 1. The first-order valence-electron chi connectivity index (χ1n) is 15.9. The summed E-state index contributed by atoms with van der Waals surface area (Å²) >= 11 is 6.64. The topological polar surface area (TPSA) is 132 Å². The summed E-state index contributed by atoms with van der Waals surface area (Å²) in [6.07, 6.45) is -4.28. The zero-order chi connectivity index (χ0) is 37.7. The molecule has 3 aromatic rings. The molecule has 280 valence electrons. The number of amides is 2. The molecule has 2 N–H and O–H groups in total. The Kier molecular flexibility index (Phi) is 12.6. The fraction of sp³-hybridized carbons (Fsp3) is 0.485. The average molecular weight is 764 g/mol. The molecule has 2 heterocycles. The number of hydrogen-bond acceptors (Lipinski definition) is 8. The van der Waals surface area contributed by atoms with Crippen LogP contribution in [0.25, 0.3) is 11.3 Å². The predicted octanol–water partition coefficient (Wildman–Crippen LogP) is 6.40. The van der Waals surface area contributed by atoms with Gasteiger partial charge < -0.3 is 14.8 Å². The number of hydrogen-bond donors (Lipinski definition) is 2. The molecule has 11 nitrogen and oxygen atoms in total. The van der Waals surface area contributed by atoms with Crippen LogP contribution in [0.5, 0.6) is 5.75 Å². The Labute approximate surface area is 297 Å². The molecule has 0 bridgehead atoms. The number of carbonyl (C=O) groups is 2. The summed E-state index contributed by atoms with van der Waals surface area (Å²) < 4.78 is 104. The molecule has 1 aliphatic rings. The number of alkyl halides is 5. The lowest BCUT2D eigenvalue weighted by atomic mass is 9.84. The van der Waals surface area contributed by atoms with Gasteiger partial charge in [0.05, 0.1) is 21.4 Å². The van der Waals surface area contributed by atoms with E-state index in [1.54, 1.807) is 31.2 Å². The molecule has 2 aromatic carbocycles. The van der Waals surface area contributed by atoms with Gasteiger partial charge in [-0.1, -0.05) is 61.8 Å². The van der Waals surface area contributed by atoms with Crippen molar-refractivity contribution in [3.8, 4) is 17.0 Å². The zero-order valence-corrected chi connectivity index (χ0v) is 29.8. The van der Waals surface area contributed by atoms with Gasteiger partial charge in [0.2, 0.25) is 0 Å². The number of nitrogens with zero attached hydrogens (tertiary/aromatic N) is 3. The van der Waals surface area contributed by atoms with Gasteiger partial charge in [-0.25, -0.2) is 18.2 Å². The molecule has 18 heteroatoms. The highest BCUT2D eigenvalue weighted by Crippen LogP contribution is 2.43. The SMILES string of the molecule is CCn1nc(C(=O)NCC2CCC(S(C)(=O)=O)CN2NC(=O)OCc2ccccc2)c(Cl)c1-c1ccc(CC(C)(C)C(F)(F)F)cc1OC(F)F. The molecular formula is C33H39ClF5N5O6S. The average Bonchev–Trinajstić information content (AvgIpc) is 3.38. The lowest BCUT2D eigenvalue weighted by molar-refractivity contribution is -0.211. The summed E-state index contributed by atoms with van der Waals surface area (Å²) in [5.74, 6) is -1.21. The number of hydrazine groups is 1. The van der Waals surface area contributed by atoms with Crippen molar-refractivity contribution in [3.05, 3.63) is 70.4 Å². The first kappa shape index (κ1) is 39.8. The fourth-order valence-electron chi connectivity index (χ4n) is 5.61. The van der Waals surface area contributed by atoms with E-state index in [0.717, 1.165) is 31.7 Å². The van der Waals surface area contributed by atoms with Gasteiger partial charge in [0.1, 0.15) is 12.4 Å². The van der Waals surface area contributed by atoms with Gasteiger partial charge in [-0.05, 0) is 49.4 Å². The van der Waals surface area contributed by atoms with Crippen molar-refractivity contribution in [1.29, 1.82) is 0 Å². The Balaban J connectivity index is 1.54. The van der Waals surface area contributed by atoms with Crippen molar-refractivity contribution in [2.24, 2.45) is 5.41 Å². The van der Waals surface area contributed by atoms with Crippen molar-refractivity contribution >= 4 is 33.4 Å². The first-order valence-corrected chi connectivity index (χ1v) is 18.3. The van der Waals surface area contributed by atoms with Crippen molar-refractivity contribution in [1.82, 2.24) is 25.5 Å². The van der Waals surface area contributed by atoms with Crippen molar-refractivity contribution in [2.45, 2.75) is 77.3 Å². The largest absolute Gasteiger partial charge is 0.444 e. The van der Waals surface area contributed by atoms with Crippen LogP contribution < -0.4 is 15.5 Å². The predicted molar refractivity (Wildman–Crippen MR) is 179 cm³/mol. The van der Waals surface area contributed by atoms with Gasteiger partial charge in [0, 0.05) is 37.5 Å². The summed E-state index contributed by atoms with van der Waals surface area (Å²) in [5, 5.41) is 7.35. The molecule has 1 fully saturated rings. The quantitative estimate of drug-likeness (QED) is 0.191. The summed E-state index contributed by atoms with van der Waals surface area (Å²) in [5.41, 5.74) is 0.971. The molecule has 0 radical (unpaired) electrons. The monoisotopic (exact) mass is 763 g/mol. The van der Waals surface area contributed by atoms with E-state index in [2.05, 4.69) is 15.8 Å². The van der Waals surface area contributed by atoms with Crippen molar-refractivity contribution in [2.75, 3.05) is 19.3 Å². The Morgan fingerprint density at radius 2 is 1.76 bits per heavy atom. The Morgan fingerprint density at radius 3 is 2.37 bits per heavy atom. The van der Waals surface area contributed by atoms with Crippen molar-refractivity contribution in [3.63, 3.8) is 0 Å². The second kappa shape index (κ2) is 16.2. The zero-order valence-electron chi connectivity index (χ0n) is 28.3. The number of nitrogens with one attached hydrogen (secondary N) is 2. The number of rotatable bonds is 13. The molecule has 0 saturated carbocycles. The first-order chi connectivity index (χ1) is 23.8. The maximum absolute atomic E-state index is 13.5. The van der Waals surface area contributed by atoms with Crippen LogP contribution in [0, 0.1) is 5.41 Å². The molecule has 51 heavy (non-hydrogen) atoms. The van der Waals surface area contributed by atoms with Gasteiger partial charge in [0.15, 0.2) is 15.5 Å². The maximum Gasteiger partial charge on any atom is 0.422 e. The summed E-state index contributed by atoms with van der Waals surface area (Å²) in [4.78, 5) is 26.1. The normalized spacial score (nSPS) is 17.3. The second-order valence-electron chi connectivity index (χ2n) is 12.8. The molecule has 1 aliphatic heterocycles. The van der Waals surface area contributed by atoms with E-state index in [1.165, 1.54) is 21.8 Å². The highest BCUT2D eigenvalue weighted by atomic mass is 35.5. The lowest BCUT2D eigenvalue weighted by Crippen LogP contribution is -2.58. The molecule has 1 aromatic heterocycles. The molecule has 2 amide bonds. The highest BCUT2D eigenvalue weighted by Gasteiger charge is 2.47. The van der Waals surface area contributed by atoms with E-state index in [1.807, 2.05) is 6.07 Å². The van der Waals surface area contributed by atoms with Crippen LogP contribution in [0.1, 0.15) is 55.2 Å². The summed E-state index contributed by atoms with van der Waals surface area (Å²) in [6, 6.07) is 12.0. The van der Waals surface area contributed by atoms with Gasteiger partial charge >= 0.3 is 18.9 Å². The molecular weight excluding hydrogens is 725 g/mol. The van der Waals surface area contributed by atoms with Crippen LogP contribution in [-0.4, -0.2) is 78.6 Å². The summed E-state index contributed by atoms with van der Waals surface area (Å²) in [7, 11) is -3.47. The van der Waals surface area contributed by atoms with Crippen LogP contribution in [0.4, 0.5) is 26.7 Å². The standard InChI is InChI=1S/C33H39ClF5N5O6S/c1-5-43-28(24-14-11-21(15-25(24)50-30(35)36)16-32(2,3)33(37,38)39)26(34)27(41-43)29(45)40-17-22-12-13-23(51(4,47)48)18-44(22)42-31(46)49-19-20-9-7-6-8-10-20/h6-11,14-15,22-23,30H,5,12-13,16-19H2,1-4H3,(H,40,45)(H,42,46). The molecule has 1 saturated heterocycles. The van der Waals surface area contributed by atoms with E-state index in [0.29, 0.717) is 0 Å². The van der Waals surface area contributed by atoms with Crippen LogP contribution in [0.3, 0.4) is 0 Å². The number of aryl methyl sites for hydroxylation is 1. The molecule has 0 aliphatic carbocycles. The van der Waals surface area contributed by atoms with E-state index in [-0.39, 0.29) is 66.6 Å². The minimum Gasteiger partial charge on any atom is -0.444 e. The third-order valence-electron chi connectivity index (χ3n) is 8.55. The van der Waals surface area contributed by atoms with Crippen molar-refractivity contribution < 1.29 is 49.4 Å². The molecule has 4 rings (SSSR count). The Bertz CT molecular complexity index is 1810. The minimum absolute atomic E-state index is 0.0225. The third kappa shape index (κ3) is 10.1. The fourth-order valence-corrected chi connectivity index (χ4v) is 6.93. The van der Waals surface area contributed by atoms with E-state index >= 15 is 0 Å². The molecule has 2 atom stereocenters. The number of ether oxygens (including phenoxy) is 2. The second-order valence-corrected chi connectivity index (χ2v) is 15.5. The number of halogens is 6. The van der Waals surface area contributed by atoms with Gasteiger partial charge in [0.25, 0.3) is 5.91 Å². The lowest BCUT2D eigenvalue weighted by Gasteiger charge is -2.38. The molecule has 2 unspecified atom stereocenters. The van der Waals surface area contributed by atoms with Gasteiger partial charge in [-0.15, -0.1) is 0 Å². The maximum atomic E-state index is 13.5. The van der Waals surface area contributed by atoms with Crippen LogP contribution >= 0.6 is 11.6 Å². The smallest absolute Gasteiger partial charge is 0.422 e. The number of benzene rings is 2. The van der Waals surface area contributed by atoms with Crippen LogP contribution in [-0.2, 0) is 34.1 Å². The minimum atomic E-state index is -4.56. The van der Waals surface area contributed by atoms with Gasteiger partial charge in [-0.3, -0.25) is 14.9 Å². The van der Waals surface area contributed by atoms with E-state index in [9.17, 15) is 40.0 Å². The number of carbonyl (C=O) groups excluding carboxylic acids is 2. The van der Waals surface area contributed by atoms with E-state index < -0.39 is 63.5 Å². The van der Waals surface area contributed by atoms with E-state index in [4.69, 9.17) is 21.1 Å². The Morgan fingerprint density at radius 1 is 1.08 bits per heavy atom. The van der Waals surface area contributed by atoms with Gasteiger partial charge in [-0.2, -0.15) is 27.1 Å². The number of piperidine rings is 1. The third-order valence-corrected chi connectivity index (χ3v) is 10.5. The Hall–Kier alpha value is -3.96. The summed E-state index contributed by atoms with van der Waals surface area (Å²) in [6.45, 7) is 0.261. The molecule has 0 spiro atoms.